The third-order valence-electron chi connectivity index (χ3n) is 6.82. The van der Waals surface area contributed by atoms with Crippen molar-refractivity contribution in [3.05, 3.63) is 65.5 Å². The molecule has 1 aromatic heterocycles. The van der Waals surface area contributed by atoms with Crippen molar-refractivity contribution in [1.82, 2.24) is 19.7 Å². The van der Waals surface area contributed by atoms with Gasteiger partial charge in [0.25, 0.3) is 0 Å². The van der Waals surface area contributed by atoms with Crippen molar-refractivity contribution >= 4 is 29.1 Å². The van der Waals surface area contributed by atoms with E-state index in [0.29, 0.717) is 12.1 Å². The van der Waals surface area contributed by atoms with Crippen LogP contribution in [0.1, 0.15) is 54.9 Å². The maximum absolute atomic E-state index is 13.4. The minimum Gasteiger partial charge on any atom is -0.312 e. The Labute approximate surface area is 210 Å². The highest BCUT2D eigenvalue weighted by Crippen LogP contribution is 2.32. The van der Waals surface area contributed by atoms with E-state index in [1.807, 2.05) is 43.3 Å². The van der Waals surface area contributed by atoms with E-state index in [4.69, 9.17) is 0 Å². The molecule has 1 saturated heterocycles. The highest BCUT2D eigenvalue weighted by atomic mass is 32.2. The molecule has 2 aliphatic heterocycles. The molecule has 8 heteroatoms. The molecule has 3 heterocycles. The summed E-state index contributed by atoms with van der Waals surface area (Å²) >= 11 is 1.45. The fourth-order valence-corrected chi connectivity index (χ4v) is 5.92. The van der Waals surface area contributed by atoms with Gasteiger partial charge in [0.1, 0.15) is 0 Å². The van der Waals surface area contributed by atoms with Crippen molar-refractivity contribution in [3.63, 3.8) is 0 Å². The average Bonchev–Trinajstić information content (AvgIpc) is 3.48. The SMILES string of the molecule is CC(=O)N1CCc2cc(C(=O)C(C)Sc3nnc(CN4CCCCC4)n3-c3ccccc3)ccc21. The Balaban J connectivity index is 1.37. The zero-order valence-electron chi connectivity index (χ0n) is 20.3. The van der Waals surface area contributed by atoms with Crippen LogP contribution in [0.4, 0.5) is 5.69 Å². The molecule has 0 aliphatic carbocycles. The quantitative estimate of drug-likeness (QED) is 0.359. The first-order valence-corrected chi connectivity index (χ1v) is 13.2. The fraction of sp³-hybridized carbons (Fsp3) is 0.407. The number of likely N-dealkylation sites (tertiary alicyclic amines) is 1. The van der Waals surface area contributed by atoms with Crippen molar-refractivity contribution in [2.75, 3.05) is 24.5 Å². The van der Waals surface area contributed by atoms with Gasteiger partial charge in [0.2, 0.25) is 5.91 Å². The van der Waals surface area contributed by atoms with Crippen molar-refractivity contribution < 1.29 is 9.59 Å². The predicted molar refractivity (Wildman–Crippen MR) is 138 cm³/mol. The Morgan fingerprint density at radius 3 is 2.51 bits per heavy atom. The van der Waals surface area contributed by atoms with Gasteiger partial charge in [-0.15, -0.1) is 10.2 Å². The number of fused-ring (bicyclic) bond motifs is 1. The van der Waals surface area contributed by atoms with E-state index in [-0.39, 0.29) is 16.9 Å². The number of rotatable bonds is 7. The number of piperidine rings is 1. The van der Waals surface area contributed by atoms with Crippen LogP contribution in [-0.2, 0) is 17.8 Å². The maximum atomic E-state index is 13.4. The lowest BCUT2D eigenvalue weighted by atomic mass is 10.0. The van der Waals surface area contributed by atoms with Crippen molar-refractivity contribution in [2.45, 2.75) is 56.5 Å². The average molecular weight is 490 g/mol. The van der Waals surface area contributed by atoms with Gasteiger partial charge < -0.3 is 4.90 Å². The zero-order valence-corrected chi connectivity index (χ0v) is 21.1. The van der Waals surface area contributed by atoms with Gasteiger partial charge >= 0.3 is 0 Å². The summed E-state index contributed by atoms with van der Waals surface area (Å²) in [6.45, 7) is 7.09. The van der Waals surface area contributed by atoms with E-state index in [9.17, 15) is 9.59 Å². The van der Waals surface area contributed by atoms with E-state index in [1.54, 1.807) is 11.8 Å². The number of amides is 1. The molecule has 1 fully saturated rings. The number of carbonyl (C=O) groups excluding carboxylic acids is 2. The third kappa shape index (κ3) is 5.04. The van der Waals surface area contributed by atoms with Crippen LogP contribution < -0.4 is 4.90 Å². The number of para-hydroxylation sites is 1. The summed E-state index contributed by atoms with van der Waals surface area (Å²) in [6, 6.07) is 15.8. The number of Topliss-reactive ketones (excluding diaryl/α,β-unsaturated/α-hetero) is 1. The summed E-state index contributed by atoms with van der Waals surface area (Å²) in [5.41, 5.74) is 3.65. The van der Waals surface area contributed by atoms with Gasteiger partial charge in [-0.1, -0.05) is 36.4 Å². The van der Waals surface area contributed by atoms with Crippen LogP contribution >= 0.6 is 11.8 Å². The van der Waals surface area contributed by atoms with E-state index in [0.717, 1.165) is 54.0 Å². The summed E-state index contributed by atoms with van der Waals surface area (Å²) < 4.78 is 2.09. The smallest absolute Gasteiger partial charge is 0.223 e. The van der Waals surface area contributed by atoms with Crippen LogP contribution in [0.3, 0.4) is 0 Å². The molecule has 7 nitrogen and oxygen atoms in total. The Morgan fingerprint density at radius 2 is 1.77 bits per heavy atom. The van der Waals surface area contributed by atoms with Crippen molar-refractivity contribution in [3.8, 4) is 5.69 Å². The number of benzene rings is 2. The Kier molecular flexibility index (Phi) is 7.02. The molecule has 182 valence electrons. The van der Waals surface area contributed by atoms with Crippen molar-refractivity contribution in [2.24, 2.45) is 0 Å². The lowest BCUT2D eigenvalue weighted by Gasteiger charge is -2.26. The van der Waals surface area contributed by atoms with E-state index >= 15 is 0 Å². The van der Waals surface area contributed by atoms with E-state index in [2.05, 4.69) is 31.8 Å². The van der Waals surface area contributed by atoms with Crippen LogP contribution in [-0.4, -0.2) is 56.2 Å². The molecule has 2 aromatic carbocycles. The first-order valence-electron chi connectivity index (χ1n) is 12.4. The first-order chi connectivity index (χ1) is 17.0. The minimum absolute atomic E-state index is 0.0346. The van der Waals surface area contributed by atoms with Gasteiger partial charge in [-0.25, -0.2) is 0 Å². The van der Waals surface area contributed by atoms with E-state index < -0.39 is 0 Å². The first kappa shape index (κ1) is 23.8. The predicted octanol–water partition coefficient (Wildman–Crippen LogP) is 4.53. The highest BCUT2D eigenvalue weighted by molar-refractivity contribution is 8.00. The number of anilines is 1. The molecule has 35 heavy (non-hydrogen) atoms. The van der Waals surface area contributed by atoms with Gasteiger partial charge in [0.05, 0.1) is 11.8 Å². The molecule has 0 spiro atoms. The monoisotopic (exact) mass is 489 g/mol. The lowest BCUT2D eigenvalue weighted by molar-refractivity contribution is -0.116. The van der Waals surface area contributed by atoms with Gasteiger partial charge in [0.15, 0.2) is 16.8 Å². The minimum atomic E-state index is -0.326. The molecule has 0 saturated carbocycles. The fourth-order valence-electron chi connectivity index (χ4n) is 4.96. The lowest BCUT2D eigenvalue weighted by Crippen LogP contribution is -2.30. The summed E-state index contributed by atoms with van der Waals surface area (Å²) in [5, 5.41) is 9.46. The van der Waals surface area contributed by atoms with Gasteiger partial charge in [-0.05, 0) is 75.2 Å². The second-order valence-corrected chi connectivity index (χ2v) is 10.6. The summed E-state index contributed by atoms with van der Waals surface area (Å²) in [4.78, 5) is 29.4. The summed E-state index contributed by atoms with van der Waals surface area (Å²) in [7, 11) is 0. The molecule has 5 rings (SSSR count). The van der Waals surface area contributed by atoms with Gasteiger partial charge in [0, 0.05) is 30.4 Å². The zero-order chi connectivity index (χ0) is 24.4. The number of thioether (sulfide) groups is 1. The number of aromatic nitrogens is 3. The number of hydrogen-bond donors (Lipinski definition) is 0. The summed E-state index contributed by atoms with van der Waals surface area (Å²) in [6.07, 6.45) is 4.51. The molecule has 0 bridgehead atoms. The molecular formula is C27H31N5O2S. The van der Waals surface area contributed by atoms with E-state index in [1.165, 1.54) is 31.0 Å². The Bertz CT molecular complexity index is 1220. The molecule has 2 aliphatic rings. The van der Waals surface area contributed by atoms with Crippen LogP contribution in [0, 0.1) is 0 Å². The molecule has 1 atom stereocenters. The molecular weight excluding hydrogens is 458 g/mol. The van der Waals surface area contributed by atoms with Crippen LogP contribution in [0.15, 0.2) is 53.7 Å². The molecule has 3 aromatic rings. The standard InChI is InChI=1S/C27H31N5O2S/c1-19(26(34)22-11-12-24-21(17-22)13-16-31(24)20(2)33)35-27-29-28-25(18-30-14-7-4-8-15-30)32(27)23-9-5-3-6-10-23/h3,5-6,9-12,17,19H,4,7-8,13-16,18H2,1-2H3. The van der Waals surface area contributed by atoms with Gasteiger partial charge in [-0.3, -0.25) is 19.1 Å². The molecule has 0 N–H and O–H groups in total. The number of hydrogen-bond acceptors (Lipinski definition) is 6. The van der Waals surface area contributed by atoms with Crippen LogP contribution in [0.5, 0.6) is 0 Å². The van der Waals surface area contributed by atoms with Crippen molar-refractivity contribution in [1.29, 1.82) is 0 Å². The van der Waals surface area contributed by atoms with Crippen LogP contribution in [0.2, 0.25) is 0 Å². The maximum Gasteiger partial charge on any atom is 0.223 e. The third-order valence-corrected chi connectivity index (χ3v) is 7.86. The molecule has 1 amide bonds. The van der Waals surface area contributed by atoms with Crippen LogP contribution in [0.25, 0.3) is 5.69 Å². The van der Waals surface area contributed by atoms with Gasteiger partial charge in [-0.2, -0.15) is 0 Å². The molecule has 0 radical (unpaired) electrons. The number of ketones is 1. The second kappa shape index (κ2) is 10.3. The second-order valence-electron chi connectivity index (χ2n) is 9.30. The molecule has 1 unspecified atom stereocenters. The number of carbonyl (C=O) groups is 2. The topological polar surface area (TPSA) is 71.3 Å². The number of nitrogens with zero attached hydrogens (tertiary/aromatic N) is 5. The highest BCUT2D eigenvalue weighted by Gasteiger charge is 2.26. The Morgan fingerprint density at radius 1 is 1.00 bits per heavy atom. The normalized spacial score (nSPS) is 16.8. The summed E-state index contributed by atoms with van der Waals surface area (Å²) in [5.74, 6) is 0.994. The largest absolute Gasteiger partial charge is 0.312 e. The Hall–Kier alpha value is -2.97.